The second-order valence-electron chi connectivity index (χ2n) is 7.52. The molecule has 7 heteroatoms. The van der Waals surface area contributed by atoms with Crippen molar-refractivity contribution in [2.75, 3.05) is 0 Å². The van der Waals surface area contributed by atoms with Gasteiger partial charge in [0.15, 0.2) is 11.4 Å². The second kappa shape index (κ2) is 6.48. The Labute approximate surface area is 166 Å². The van der Waals surface area contributed by atoms with Crippen LogP contribution < -0.4 is 5.56 Å². The highest BCUT2D eigenvalue weighted by Crippen LogP contribution is 2.34. The molecule has 144 valence electrons. The number of fused-ring (bicyclic) bond motifs is 3. The molecular formula is C22H19N5O2. The molecule has 0 fully saturated rings. The van der Waals surface area contributed by atoms with Crippen molar-refractivity contribution in [3.8, 4) is 5.95 Å². The SMILES string of the molecule is Cc1cc(C)nc(-n2[nH]c3ncc4c(c3c2=O)CC(c2ccccc2)CC4=O)n1. The number of aryl methyl sites for hydroxylation is 2. The number of nitrogens with zero attached hydrogens (tertiary/aromatic N) is 4. The van der Waals surface area contributed by atoms with Gasteiger partial charge < -0.3 is 0 Å². The van der Waals surface area contributed by atoms with Crippen LogP contribution in [0.5, 0.6) is 0 Å². The van der Waals surface area contributed by atoms with Crippen LogP contribution >= 0.6 is 0 Å². The number of aromatic amines is 1. The molecule has 29 heavy (non-hydrogen) atoms. The minimum Gasteiger partial charge on any atom is -0.294 e. The zero-order valence-electron chi connectivity index (χ0n) is 16.1. The van der Waals surface area contributed by atoms with Crippen LogP contribution in [0.15, 0.2) is 47.4 Å². The summed E-state index contributed by atoms with van der Waals surface area (Å²) in [4.78, 5) is 39.2. The number of hydrogen-bond acceptors (Lipinski definition) is 5. The molecule has 4 aromatic rings. The monoisotopic (exact) mass is 385 g/mol. The number of ketones is 1. The van der Waals surface area contributed by atoms with Crippen LogP contribution in [-0.4, -0.2) is 30.5 Å². The van der Waals surface area contributed by atoms with Gasteiger partial charge in [0.1, 0.15) is 0 Å². The standard InChI is InChI=1S/C22H19N5O2/c1-12-8-13(2)25-22(24-12)27-21(29)19-16-9-15(14-6-4-3-5-7-14)10-18(28)17(16)11-23-20(19)26-27/h3-8,11,15H,9-10H2,1-2H3,(H,23,26). The van der Waals surface area contributed by atoms with E-state index in [-0.39, 0.29) is 23.2 Å². The lowest BCUT2D eigenvalue weighted by atomic mass is 9.79. The number of rotatable bonds is 2. The van der Waals surface area contributed by atoms with Gasteiger partial charge in [-0.15, -0.1) is 0 Å². The Bertz CT molecular complexity index is 1300. The molecule has 0 aliphatic heterocycles. The molecule has 1 aromatic carbocycles. The number of aromatic nitrogens is 5. The largest absolute Gasteiger partial charge is 0.294 e. The number of pyridine rings is 1. The Kier molecular flexibility index (Phi) is 3.91. The first-order valence-corrected chi connectivity index (χ1v) is 9.54. The quantitative estimate of drug-likeness (QED) is 0.572. The maximum Gasteiger partial charge on any atom is 0.283 e. The van der Waals surface area contributed by atoms with Gasteiger partial charge in [-0.25, -0.2) is 15.0 Å². The maximum absolute atomic E-state index is 13.3. The van der Waals surface area contributed by atoms with Crippen LogP contribution in [0.3, 0.4) is 0 Å². The van der Waals surface area contributed by atoms with Crippen molar-refractivity contribution in [1.29, 1.82) is 0 Å². The van der Waals surface area contributed by atoms with Gasteiger partial charge in [-0.05, 0) is 43.4 Å². The lowest BCUT2D eigenvalue weighted by molar-refractivity contribution is 0.0964. The molecular weight excluding hydrogens is 366 g/mol. The Morgan fingerprint density at radius 2 is 1.76 bits per heavy atom. The number of carbonyl (C=O) groups is 1. The molecule has 0 spiro atoms. The van der Waals surface area contributed by atoms with Gasteiger partial charge in [0, 0.05) is 29.6 Å². The van der Waals surface area contributed by atoms with E-state index in [2.05, 4.69) is 20.1 Å². The predicted molar refractivity (Wildman–Crippen MR) is 109 cm³/mol. The lowest BCUT2D eigenvalue weighted by Gasteiger charge is -2.23. The van der Waals surface area contributed by atoms with Crippen molar-refractivity contribution in [2.45, 2.75) is 32.6 Å². The Hall–Kier alpha value is -3.61. The number of Topliss-reactive ketones (excluding diaryl/α,β-unsaturated/α-hetero) is 1. The third-order valence-corrected chi connectivity index (χ3v) is 5.45. The molecule has 1 N–H and O–H groups in total. The summed E-state index contributed by atoms with van der Waals surface area (Å²) in [5.41, 5.74) is 4.09. The van der Waals surface area contributed by atoms with Crippen LogP contribution in [0.2, 0.25) is 0 Å². The third kappa shape index (κ3) is 2.86. The number of H-pyrrole nitrogens is 1. The highest BCUT2D eigenvalue weighted by atomic mass is 16.1. The fourth-order valence-corrected chi connectivity index (χ4v) is 4.15. The van der Waals surface area contributed by atoms with E-state index in [1.54, 1.807) is 6.20 Å². The smallest absolute Gasteiger partial charge is 0.283 e. The van der Waals surface area contributed by atoms with Crippen LogP contribution in [0.1, 0.15) is 45.2 Å². The molecule has 5 rings (SSSR count). The Balaban J connectivity index is 1.70. The highest BCUT2D eigenvalue weighted by Gasteiger charge is 2.30. The van der Waals surface area contributed by atoms with Gasteiger partial charge in [0.2, 0.25) is 0 Å². The number of carbonyl (C=O) groups excluding carboxylic acids is 1. The van der Waals surface area contributed by atoms with E-state index in [1.165, 1.54) is 4.68 Å². The fraction of sp³-hybridized carbons (Fsp3) is 0.227. The Morgan fingerprint density at radius 1 is 1.03 bits per heavy atom. The molecule has 1 aliphatic carbocycles. The van der Waals surface area contributed by atoms with E-state index >= 15 is 0 Å². The van der Waals surface area contributed by atoms with Crippen molar-refractivity contribution < 1.29 is 4.79 Å². The molecule has 1 aliphatic rings. The summed E-state index contributed by atoms with van der Waals surface area (Å²) < 4.78 is 1.31. The van der Waals surface area contributed by atoms with Gasteiger partial charge in [0.05, 0.1) is 5.39 Å². The number of hydrogen-bond donors (Lipinski definition) is 1. The van der Waals surface area contributed by atoms with Crippen molar-refractivity contribution in [3.63, 3.8) is 0 Å². The Morgan fingerprint density at radius 3 is 2.48 bits per heavy atom. The average Bonchev–Trinajstić information content (AvgIpc) is 3.05. The van der Waals surface area contributed by atoms with Gasteiger partial charge in [-0.1, -0.05) is 30.3 Å². The summed E-state index contributed by atoms with van der Waals surface area (Å²) in [5.74, 6) is 0.340. The van der Waals surface area contributed by atoms with E-state index in [4.69, 9.17) is 0 Å². The molecule has 0 bridgehead atoms. The summed E-state index contributed by atoms with van der Waals surface area (Å²) in [6, 6.07) is 11.8. The topological polar surface area (TPSA) is 93.5 Å². The van der Waals surface area contributed by atoms with Crippen LogP contribution in [0.25, 0.3) is 17.0 Å². The third-order valence-electron chi connectivity index (χ3n) is 5.45. The molecule has 0 saturated carbocycles. The molecule has 1 unspecified atom stereocenters. The molecule has 0 saturated heterocycles. The van der Waals surface area contributed by atoms with Crippen LogP contribution in [-0.2, 0) is 6.42 Å². The van der Waals surface area contributed by atoms with E-state index in [0.717, 1.165) is 22.5 Å². The maximum atomic E-state index is 13.3. The van der Waals surface area contributed by atoms with E-state index in [9.17, 15) is 9.59 Å². The van der Waals surface area contributed by atoms with E-state index < -0.39 is 0 Å². The molecule has 3 heterocycles. The van der Waals surface area contributed by atoms with Crippen molar-refractivity contribution in [3.05, 3.63) is 81.0 Å². The van der Waals surface area contributed by atoms with Crippen molar-refractivity contribution in [2.24, 2.45) is 0 Å². The minimum atomic E-state index is -0.282. The summed E-state index contributed by atoms with van der Waals surface area (Å²) in [6.45, 7) is 3.71. The minimum absolute atomic E-state index is 0.0179. The van der Waals surface area contributed by atoms with Crippen LogP contribution in [0.4, 0.5) is 0 Å². The van der Waals surface area contributed by atoms with E-state index in [1.807, 2.05) is 50.2 Å². The molecule has 7 nitrogen and oxygen atoms in total. The first-order valence-electron chi connectivity index (χ1n) is 9.54. The lowest BCUT2D eigenvalue weighted by Crippen LogP contribution is -2.22. The molecule has 1 atom stereocenters. The molecule has 3 aromatic heterocycles. The first-order chi connectivity index (χ1) is 14.0. The van der Waals surface area contributed by atoms with Gasteiger partial charge in [-0.3, -0.25) is 14.7 Å². The van der Waals surface area contributed by atoms with Gasteiger partial charge >= 0.3 is 0 Å². The number of benzene rings is 1. The zero-order chi connectivity index (χ0) is 20.1. The van der Waals surface area contributed by atoms with Gasteiger partial charge in [0.25, 0.3) is 11.5 Å². The fourth-order valence-electron chi connectivity index (χ4n) is 4.15. The summed E-state index contributed by atoms with van der Waals surface area (Å²) in [6.07, 6.45) is 2.61. The predicted octanol–water partition coefficient (Wildman–Crippen LogP) is 3.03. The molecule has 0 amide bonds. The highest BCUT2D eigenvalue weighted by molar-refractivity contribution is 6.02. The average molecular weight is 385 g/mol. The van der Waals surface area contributed by atoms with Crippen molar-refractivity contribution in [1.82, 2.24) is 24.7 Å². The number of nitrogens with one attached hydrogen (secondary N) is 1. The summed E-state index contributed by atoms with van der Waals surface area (Å²) >= 11 is 0. The van der Waals surface area contributed by atoms with Gasteiger partial charge in [-0.2, -0.15) is 4.68 Å². The summed E-state index contributed by atoms with van der Waals surface area (Å²) in [5, 5.41) is 3.45. The second-order valence-corrected chi connectivity index (χ2v) is 7.52. The van der Waals surface area contributed by atoms with E-state index in [0.29, 0.717) is 29.4 Å². The normalized spacial score (nSPS) is 16.2. The summed E-state index contributed by atoms with van der Waals surface area (Å²) in [7, 11) is 0. The van der Waals surface area contributed by atoms with Crippen LogP contribution in [0, 0.1) is 13.8 Å². The molecule has 0 radical (unpaired) electrons. The zero-order valence-corrected chi connectivity index (χ0v) is 16.1. The first kappa shape index (κ1) is 17.5. The van der Waals surface area contributed by atoms with Crippen molar-refractivity contribution >= 4 is 16.8 Å².